The SMILES string of the molecule is Cc1ccc2[nH]c(-c3nc(CCN(C)C(=O)c4ccoc4)no3)c(C)c2c1. The maximum Gasteiger partial charge on any atom is 0.274 e. The minimum absolute atomic E-state index is 0.102. The van der Waals surface area contributed by atoms with Crippen molar-refractivity contribution in [3.05, 3.63) is 59.3 Å². The maximum absolute atomic E-state index is 12.2. The molecule has 0 unspecified atom stereocenters. The summed E-state index contributed by atoms with van der Waals surface area (Å²) in [5.74, 6) is 0.917. The molecule has 0 aliphatic heterocycles. The van der Waals surface area contributed by atoms with E-state index in [1.165, 1.54) is 18.1 Å². The second kappa shape index (κ2) is 6.75. The molecule has 0 bridgehead atoms. The first-order chi connectivity index (χ1) is 13.0. The van der Waals surface area contributed by atoms with Gasteiger partial charge in [-0.1, -0.05) is 16.8 Å². The minimum atomic E-state index is -0.102. The Kier molecular flexibility index (Phi) is 4.27. The summed E-state index contributed by atoms with van der Waals surface area (Å²) < 4.78 is 10.4. The lowest BCUT2D eigenvalue weighted by molar-refractivity contribution is 0.0795. The number of likely N-dealkylation sites (N-methyl/N-ethyl adjacent to an activating group) is 1. The van der Waals surface area contributed by atoms with Gasteiger partial charge < -0.3 is 18.8 Å². The molecule has 3 heterocycles. The highest BCUT2D eigenvalue weighted by molar-refractivity contribution is 5.93. The largest absolute Gasteiger partial charge is 0.472 e. The van der Waals surface area contributed by atoms with Gasteiger partial charge in [0, 0.05) is 30.9 Å². The van der Waals surface area contributed by atoms with Crippen molar-refractivity contribution in [2.75, 3.05) is 13.6 Å². The lowest BCUT2D eigenvalue weighted by atomic mass is 10.1. The van der Waals surface area contributed by atoms with Gasteiger partial charge in [-0.15, -0.1) is 0 Å². The number of benzene rings is 1. The number of aryl methyl sites for hydroxylation is 2. The van der Waals surface area contributed by atoms with Crippen molar-refractivity contribution in [2.45, 2.75) is 20.3 Å². The molecule has 1 N–H and O–H groups in total. The van der Waals surface area contributed by atoms with Crippen LogP contribution in [0.25, 0.3) is 22.5 Å². The quantitative estimate of drug-likeness (QED) is 0.583. The van der Waals surface area contributed by atoms with E-state index in [-0.39, 0.29) is 5.91 Å². The molecule has 138 valence electrons. The molecular weight excluding hydrogens is 344 g/mol. The molecule has 0 saturated heterocycles. The Bertz CT molecular complexity index is 1090. The van der Waals surface area contributed by atoms with Gasteiger partial charge in [0.2, 0.25) is 0 Å². The summed E-state index contributed by atoms with van der Waals surface area (Å²) in [6.45, 7) is 4.58. The summed E-state index contributed by atoms with van der Waals surface area (Å²) in [6.07, 6.45) is 3.42. The Morgan fingerprint density at radius 1 is 1.26 bits per heavy atom. The van der Waals surface area contributed by atoms with E-state index in [2.05, 4.69) is 40.2 Å². The van der Waals surface area contributed by atoms with Gasteiger partial charge in [-0.05, 0) is 37.6 Å². The van der Waals surface area contributed by atoms with Crippen LogP contribution in [0.1, 0.15) is 27.3 Å². The number of H-pyrrole nitrogens is 1. The Labute approximate surface area is 156 Å². The Morgan fingerprint density at radius 3 is 2.89 bits per heavy atom. The molecule has 0 radical (unpaired) electrons. The second-order valence-corrected chi connectivity index (χ2v) is 6.68. The van der Waals surface area contributed by atoms with Crippen LogP contribution in [-0.2, 0) is 6.42 Å². The normalized spacial score (nSPS) is 11.2. The molecule has 0 atom stereocenters. The number of aromatic amines is 1. The molecule has 0 aliphatic carbocycles. The van der Waals surface area contributed by atoms with Crippen LogP contribution in [0, 0.1) is 13.8 Å². The average molecular weight is 364 g/mol. The van der Waals surface area contributed by atoms with E-state index in [0.717, 1.165) is 22.2 Å². The predicted octanol–water partition coefficient (Wildman–Crippen LogP) is 3.74. The fourth-order valence-corrected chi connectivity index (χ4v) is 3.09. The van der Waals surface area contributed by atoms with Crippen LogP contribution in [0.4, 0.5) is 0 Å². The number of furan rings is 1. The molecule has 4 rings (SSSR count). The van der Waals surface area contributed by atoms with Crippen molar-refractivity contribution >= 4 is 16.8 Å². The highest BCUT2D eigenvalue weighted by atomic mass is 16.5. The number of nitrogens with zero attached hydrogens (tertiary/aromatic N) is 3. The molecule has 3 aromatic heterocycles. The molecule has 4 aromatic rings. The number of amides is 1. The van der Waals surface area contributed by atoms with Crippen molar-refractivity contribution in [1.29, 1.82) is 0 Å². The van der Waals surface area contributed by atoms with E-state index in [1.54, 1.807) is 18.0 Å². The van der Waals surface area contributed by atoms with Crippen LogP contribution in [-0.4, -0.2) is 39.5 Å². The second-order valence-electron chi connectivity index (χ2n) is 6.68. The van der Waals surface area contributed by atoms with Crippen LogP contribution < -0.4 is 0 Å². The number of carbonyl (C=O) groups is 1. The van der Waals surface area contributed by atoms with E-state index in [1.807, 2.05) is 6.92 Å². The van der Waals surface area contributed by atoms with Gasteiger partial charge in [0.15, 0.2) is 5.82 Å². The van der Waals surface area contributed by atoms with Gasteiger partial charge in [0.05, 0.1) is 11.8 Å². The first-order valence-electron chi connectivity index (χ1n) is 8.72. The number of aromatic nitrogens is 3. The van der Waals surface area contributed by atoms with E-state index < -0.39 is 0 Å². The third kappa shape index (κ3) is 3.23. The van der Waals surface area contributed by atoms with Gasteiger partial charge in [-0.25, -0.2) is 0 Å². The number of carbonyl (C=O) groups excluding carboxylic acids is 1. The van der Waals surface area contributed by atoms with Crippen LogP contribution >= 0.6 is 0 Å². The summed E-state index contributed by atoms with van der Waals surface area (Å²) in [7, 11) is 1.74. The summed E-state index contributed by atoms with van der Waals surface area (Å²) in [5.41, 5.74) is 4.68. The lowest BCUT2D eigenvalue weighted by Gasteiger charge is -2.14. The van der Waals surface area contributed by atoms with Crippen LogP contribution in [0.5, 0.6) is 0 Å². The first kappa shape index (κ1) is 17.1. The summed E-state index contributed by atoms with van der Waals surface area (Å²) in [4.78, 5) is 21.7. The molecule has 0 spiro atoms. The smallest absolute Gasteiger partial charge is 0.274 e. The predicted molar refractivity (Wildman–Crippen MR) is 100 cm³/mol. The van der Waals surface area contributed by atoms with Crippen LogP contribution in [0.3, 0.4) is 0 Å². The highest BCUT2D eigenvalue weighted by Gasteiger charge is 2.17. The van der Waals surface area contributed by atoms with Crippen molar-refractivity contribution < 1.29 is 13.7 Å². The summed E-state index contributed by atoms with van der Waals surface area (Å²) in [5, 5.41) is 5.20. The highest BCUT2D eigenvalue weighted by Crippen LogP contribution is 2.29. The topological polar surface area (TPSA) is 88.2 Å². The molecule has 0 fully saturated rings. The number of rotatable bonds is 5. The van der Waals surface area contributed by atoms with Gasteiger partial charge in [-0.3, -0.25) is 4.79 Å². The third-order valence-corrected chi connectivity index (χ3v) is 4.68. The molecule has 7 nitrogen and oxygen atoms in total. The van der Waals surface area contributed by atoms with Crippen molar-refractivity contribution in [3.63, 3.8) is 0 Å². The molecule has 7 heteroatoms. The van der Waals surface area contributed by atoms with Gasteiger partial charge in [0.1, 0.15) is 12.0 Å². The van der Waals surface area contributed by atoms with Crippen molar-refractivity contribution in [2.24, 2.45) is 0 Å². The first-order valence-corrected chi connectivity index (χ1v) is 8.72. The zero-order chi connectivity index (χ0) is 19.0. The van der Waals surface area contributed by atoms with E-state index in [4.69, 9.17) is 8.94 Å². The van der Waals surface area contributed by atoms with Crippen LogP contribution in [0.2, 0.25) is 0 Å². The molecule has 27 heavy (non-hydrogen) atoms. The number of hydrogen-bond donors (Lipinski definition) is 1. The Hall–Kier alpha value is -3.35. The minimum Gasteiger partial charge on any atom is -0.472 e. The number of nitrogens with one attached hydrogen (secondary N) is 1. The number of hydrogen-bond acceptors (Lipinski definition) is 5. The Morgan fingerprint density at radius 2 is 2.11 bits per heavy atom. The maximum atomic E-state index is 12.2. The lowest BCUT2D eigenvalue weighted by Crippen LogP contribution is -2.28. The van der Waals surface area contributed by atoms with E-state index >= 15 is 0 Å². The van der Waals surface area contributed by atoms with Crippen molar-refractivity contribution in [1.82, 2.24) is 20.0 Å². The molecule has 1 amide bonds. The van der Waals surface area contributed by atoms with Crippen molar-refractivity contribution in [3.8, 4) is 11.6 Å². The average Bonchev–Trinajstić information content (AvgIpc) is 3.40. The zero-order valence-corrected chi connectivity index (χ0v) is 15.4. The summed E-state index contributed by atoms with van der Waals surface area (Å²) in [6, 6.07) is 7.90. The zero-order valence-electron chi connectivity index (χ0n) is 15.4. The molecule has 0 saturated carbocycles. The molecule has 1 aromatic carbocycles. The molecule has 0 aliphatic rings. The number of fused-ring (bicyclic) bond motifs is 1. The Balaban J connectivity index is 1.49. The van der Waals surface area contributed by atoms with Gasteiger partial charge in [-0.2, -0.15) is 4.98 Å². The monoisotopic (exact) mass is 364 g/mol. The van der Waals surface area contributed by atoms with Gasteiger partial charge >= 0.3 is 0 Å². The third-order valence-electron chi connectivity index (χ3n) is 4.68. The van der Waals surface area contributed by atoms with E-state index in [0.29, 0.717) is 30.2 Å². The molecular formula is C20H20N4O3. The van der Waals surface area contributed by atoms with Crippen LogP contribution in [0.15, 0.2) is 45.7 Å². The van der Waals surface area contributed by atoms with E-state index in [9.17, 15) is 4.79 Å². The standard InChI is InChI=1S/C20H20N4O3/c1-12-4-5-16-15(10-12)13(2)18(21-16)19-22-17(23-27-19)6-8-24(3)20(25)14-7-9-26-11-14/h4-5,7,9-11,21H,6,8H2,1-3H3. The van der Waals surface area contributed by atoms with Gasteiger partial charge in [0.25, 0.3) is 11.8 Å². The fourth-order valence-electron chi connectivity index (χ4n) is 3.09. The summed E-state index contributed by atoms with van der Waals surface area (Å²) >= 11 is 0. The fraction of sp³-hybridized carbons (Fsp3) is 0.250.